The van der Waals surface area contributed by atoms with Gasteiger partial charge in [0.2, 0.25) is 5.91 Å². The topological polar surface area (TPSA) is 38.8 Å². The first-order valence-corrected chi connectivity index (χ1v) is 7.61. The highest BCUT2D eigenvalue weighted by molar-refractivity contribution is 5.92. The molecule has 0 spiro atoms. The number of anilines is 1. The molecule has 4 nitrogen and oxygen atoms in total. The third-order valence-electron chi connectivity index (χ3n) is 3.85. The number of carbonyl (C=O) groups is 1. The van der Waals surface area contributed by atoms with Gasteiger partial charge in [0.1, 0.15) is 11.5 Å². The number of hydrogen-bond donors (Lipinski definition) is 0. The quantitative estimate of drug-likeness (QED) is 0.818. The van der Waals surface area contributed by atoms with Crippen LogP contribution in [0.1, 0.15) is 18.1 Å². The molecule has 0 saturated heterocycles. The van der Waals surface area contributed by atoms with Gasteiger partial charge in [-0.25, -0.2) is 0 Å². The molecule has 122 valence electrons. The van der Waals surface area contributed by atoms with E-state index >= 15 is 0 Å². The van der Waals surface area contributed by atoms with Gasteiger partial charge >= 0.3 is 0 Å². The molecular formula is C19H23NO3. The third-order valence-corrected chi connectivity index (χ3v) is 3.85. The van der Waals surface area contributed by atoms with Gasteiger partial charge in [-0.2, -0.15) is 0 Å². The van der Waals surface area contributed by atoms with Crippen LogP contribution in [0, 0.1) is 6.92 Å². The molecule has 0 N–H and O–H groups in total. The predicted octanol–water partition coefficient (Wildman–Crippen LogP) is 3.61. The summed E-state index contributed by atoms with van der Waals surface area (Å²) in [4.78, 5) is 13.9. The van der Waals surface area contributed by atoms with Crippen molar-refractivity contribution in [2.24, 2.45) is 0 Å². The van der Waals surface area contributed by atoms with Crippen molar-refractivity contribution in [2.75, 3.05) is 25.7 Å². The highest BCUT2D eigenvalue weighted by Gasteiger charge is 2.15. The minimum absolute atomic E-state index is 0.0178. The SMILES string of the molecule is COc1cccc(CCN(C(C)=O)c2cc(OC)ccc2C)c1. The van der Waals surface area contributed by atoms with Crippen molar-refractivity contribution < 1.29 is 14.3 Å². The molecule has 0 heterocycles. The fourth-order valence-corrected chi connectivity index (χ4v) is 2.52. The Hall–Kier alpha value is -2.49. The molecule has 2 aromatic carbocycles. The Balaban J connectivity index is 2.20. The molecule has 0 aromatic heterocycles. The Kier molecular flexibility index (Phi) is 5.63. The summed E-state index contributed by atoms with van der Waals surface area (Å²) in [6.45, 7) is 4.19. The molecule has 2 rings (SSSR count). The molecule has 0 atom stereocenters. The molecule has 23 heavy (non-hydrogen) atoms. The zero-order valence-electron chi connectivity index (χ0n) is 14.1. The minimum atomic E-state index is 0.0178. The molecule has 2 aromatic rings. The molecule has 0 aliphatic carbocycles. The number of hydrogen-bond acceptors (Lipinski definition) is 3. The molecule has 0 aliphatic heterocycles. The van der Waals surface area contributed by atoms with Crippen LogP contribution in [0.15, 0.2) is 42.5 Å². The number of ether oxygens (including phenoxy) is 2. The lowest BCUT2D eigenvalue weighted by molar-refractivity contribution is -0.116. The first-order chi connectivity index (χ1) is 11.0. The van der Waals surface area contributed by atoms with Crippen LogP contribution in [0.3, 0.4) is 0 Å². The average Bonchev–Trinajstić information content (AvgIpc) is 2.56. The molecule has 1 amide bonds. The van der Waals surface area contributed by atoms with E-state index in [4.69, 9.17) is 9.47 Å². The van der Waals surface area contributed by atoms with Gasteiger partial charge in [0.05, 0.1) is 19.9 Å². The Morgan fingerprint density at radius 3 is 2.39 bits per heavy atom. The summed E-state index contributed by atoms with van der Waals surface area (Å²) in [6.07, 6.45) is 0.757. The largest absolute Gasteiger partial charge is 0.497 e. The van der Waals surface area contributed by atoms with Gasteiger partial charge in [0, 0.05) is 19.5 Å². The number of benzene rings is 2. The van der Waals surface area contributed by atoms with Crippen molar-refractivity contribution in [3.63, 3.8) is 0 Å². The summed E-state index contributed by atoms with van der Waals surface area (Å²) in [5.74, 6) is 1.59. The first kappa shape index (κ1) is 16.9. The zero-order valence-corrected chi connectivity index (χ0v) is 14.1. The third kappa shape index (κ3) is 4.25. The van der Waals surface area contributed by atoms with Crippen LogP contribution in [0.25, 0.3) is 0 Å². The van der Waals surface area contributed by atoms with E-state index in [-0.39, 0.29) is 5.91 Å². The van der Waals surface area contributed by atoms with Gasteiger partial charge < -0.3 is 14.4 Å². The van der Waals surface area contributed by atoms with Crippen molar-refractivity contribution in [3.8, 4) is 11.5 Å². The van der Waals surface area contributed by atoms with Gasteiger partial charge in [-0.3, -0.25) is 4.79 Å². The number of carbonyl (C=O) groups excluding carboxylic acids is 1. The zero-order chi connectivity index (χ0) is 16.8. The van der Waals surface area contributed by atoms with Crippen LogP contribution < -0.4 is 14.4 Å². The maximum Gasteiger partial charge on any atom is 0.223 e. The lowest BCUT2D eigenvalue weighted by Gasteiger charge is -2.24. The Morgan fingerprint density at radius 2 is 1.74 bits per heavy atom. The number of rotatable bonds is 6. The molecule has 0 bridgehead atoms. The molecule has 0 unspecified atom stereocenters. The summed E-state index contributed by atoms with van der Waals surface area (Å²) in [5, 5.41) is 0. The van der Waals surface area contributed by atoms with E-state index in [2.05, 4.69) is 0 Å². The second-order valence-electron chi connectivity index (χ2n) is 5.42. The molecule has 4 heteroatoms. The van der Waals surface area contributed by atoms with Crippen LogP contribution in [0.4, 0.5) is 5.69 Å². The van der Waals surface area contributed by atoms with E-state index in [0.29, 0.717) is 6.54 Å². The monoisotopic (exact) mass is 313 g/mol. The average molecular weight is 313 g/mol. The maximum atomic E-state index is 12.1. The fourth-order valence-electron chi connectivity index (χ4n) is 2.52. The minimum Gasteiger partial charge on any atom is -0.497 e. The Bertz CT molecular complexity index is 682. The molecule has 0 radical (unpaired) electrons. The molecule has 0 saturated carbocycles. The summed E-state index contributed by atoms with van der Waals surface area (Å²) < 4.78 is 10.5. The highest BCUT2D eigenvalue weighted by atomic mass is 16.5. The van der Waals surface area contributed by atoms with Crippen LogP contribution in [-0.4, -0.2) is 26.7 Å². The standard InChI is InChI=1S/C19H23NO3/c1-14-8-9-18(23-4)13-19(14)20(15(2)21)11-10-16-6-5-7-17(12-16)22-3/h5-9,12-13H,10-11H2,1-4H3. The summed E-state index contributed by atoms with van der Waals surface area (Å²) in [7, 11) is 3.28. The van der Waals surface area contributed by atoms with E-state index in [9.17, 15) is 4.79 Å². The second kappa shape index (κ2) is 7.68. The number of methoxy groups -OCH3 is 2. The first-order valence-electron chi connectivity index (χ1n) is 7.61. The van der Waals surface area contributed by atoms with Crippen molar-refractivity contribution in [2.45, 2.75) is 20.3 Å². The van der Waals surface area contributed by atoms with Crippen LogP contribution in [0.2, 0.25) is 0 Å². The van der Waals surface area contributed by atoms with Gasteiger partial charge in [0.25, 0.3) is 0 Å². The van der Waals surface area contributed by atoms with Crippen molar-refractivity contribution in [1.82, 2.24) is 0 Å². The predicted molar refractivity (Wildman–Crippen MR) is 92.5 cm³/mol. The Morgan fingerprint density at radius 1 is 1.04 bits per heavy atom. The highest BCUT2D eigenvalue weighted by Crippen LogP contribution is 2.26. The number of nitrogens with zero attached hydrogens (tertiary/aromatic N) is 1. The maximum absolute atomic E-state index is 12.1. The van der Waals surface area contributed by atoms with Gasteiger partial charge in [-0.15, -0.1) is 0 Å². The van der Waals surface area contributed by atoms with E-state index in [0.717, 1.165) is 34.7 Å². The number of aryl methyl sites for hydroxylation is 1. The van der Waals surface area contributed by atoms with E-state index in [1.54, 1.807) is 26.0 Å². The van der Waals surface area contributed by atoms with Crippen molar-refractivity contribution in [3.05, 3.63) is 53.6 Å². The molecule has 0 aliphatic rings. The fraction of sp³-hybridized carbons (Fsp3) is 0.316. The van der Waals surface area contributed by atoms with Gasteiger partial charge in [0.15, 0.2) is 0 Å². The second-order valence-corrected chi connectivity index (χ2v) is 5.42. The Labute approximate surface area is 137 Å². The van der Waals surface area contributed by atoms with E-state index in [1.807, 2.05) is 49.4 Å². The number of amides is 1. The van der Waals surface area contributed by atoms with Crippen LogP contribution in [-0.2, 0) is 11.2 Å². The van der Waals surface area contributed by atoms with Crippen molar-refractivity contribution >= 4 is 11.6 Å². The lowest BCUT2D eigenvalue weighted by atomic mass is 10.1. The summed E-state index contributed by atoms with van der Waals surface area (Å²) in [5.41, 5.74) is 3.07. The molecule has 0 fully saturated rings. The van der Waals surface area contributed by atoms with Crippen molar-refractivity contribution in [1.29, 1.82) is 0 Å². The normalized spacial score (nSPS) is 10.3. The molecular weight excluding hydrogens is 290 g/mol. The van der Waals surface area contributed by atoms with Crippen LogP contribution in [0.5, 0.6) is 11.5 Å². The summed E-state index contributed by atoms with van der Waals surface area (Å²) >= 11 is 0. The smallest absolute Gasteiger partial charge is 0.223 e. The van der Waals surface area contributed by atoms with Gasteiger partial charge in [-0.05, 0) is 42.7 Å². The van der Waals surface area contributed by atoms with Crippen LogP contribution >= 0.6 is 0 Å². The van der Waals surface area contributed by atoms with E-state index in [1.165, 1.54) is 0 Å². The summed E-state index contributed by atoms with van der Waals surface area (Å²) in [6, 6.07) is 13.7. The van der Waals surface area contributed by atoms with Gasteiger partial charge in [-0.1, -0.05) is 18.2 Å². The van der Waals surface area contributed by atoms with E-state index < -0.39 is 0 Å². The lowest BCUT2D eigenvalue weighted by Crippen LogP contribution is -2.31.